The fourth-order valence-electron chi connectivity index (χ4n) is 3.31. The van der Waals surface area contributed by atoms with Crippen molar-refractivity contribution >= 4 is 17.5 Å². The molecule has 2 aliphatic heterocycles. The summed E-state index contributed by atoms with van der Waals surface area (Å²) in [6.45, 7) is 10.3. The summed E-state index contributed by atoms with van der Waals surface area (Å²) >= 11 is 0. The first-order valence-electron chi connectivity index (χ1n) is 11.2. The molecule has 1 N–H and O–H groups in total. The lowest BCUT2D eigenvalue weighted by atomic mass is 10.1. The van der Waals surface area contributed by atoms with Crippen LogP contribution in [-0.4, -0.2) is 101 Å². The molecule has 0 bridgehead atoms. The second-order valence-corrected chi connectivity index (χ2v) is 8.34. The lowest BCUT2D eigenvalue weighted by molar-refractivity contribution is -0.117. The molecule has 2 aliphatic rings. The third-order valence-corrected chi connectivity index (χ3v) is 4.98. The van der Waals surface area contributed by atoms with Crippen molar-refractivity contribution in [2.24, 2.45) is 4.99 Å². The van der Waals surface area contributed by atoms with Gasteiger partial charge < -0.3 is 29.0 Å². The normalized spacial score (nSPS) is 21.6. The van der Waals surface area contributed by atoms with Crippen molar-refractivity contribution in [3.63, 3.8) is 0 Å². The van der Waals surface area contributed by atoms with E-state index in [4.69, 9.17) is 23.7 Å². The van der Waals surface area contributed by atoms with E-state index in [1.807, 2.05) is 43.0 Å². The van der Waals surface area contributed by atoms with Gasteiger partial charge in [-0.05, 0) is 26.0 Å². The number of amides is 1. The van der Waals surface area contributed by atoms with Crippen molar-refractivity contribution in [1.82, 2.24) is 4.90 Å². The predicted octanol–water partition coefficient (Wildman–Crippen LogP) is 1.56. The van der Waals surface area contributed by atoms with E-state index in [-0.39, 0.29) is 18.0 Å². The molecule has 1 aromatic rings. The van der Waals surface area contributed by atoms with Crippen molar-refractivity contribution in [1.29, 1.82) is 0 Å². The van der Waals surface area contributed by atoms with Crippen LogP contribution < -0.4 is 5.32 Å². The summed E-state index contributed by atoms with van der Waals surface area (Å²) in [5.41, 5.74) is 1.21. The molecule has 0 atom stereocenters. The van der Waals surface area contributed by atoms with Gasteiger partial charge >= 0.3 is 0 Å². The summed E-state index contributed by atoms with van der Waals surface area (Å²) in [6, 6.07) is 7.57. The molecule has 0 spiro atoms. The number of carbonyl (C=O) groups is 1. The van der Waals surface area contributed by atoms with E-state index in [1.54, 1.807) is 0 Å². The maximum Gasteiger partial charge on any atom is 0.238 e. The van der Waals surface area contributed by atoms with Crippen LogP contribution >= 0.6 is 0 Å². The molecule has 1 aromatic carbocycles. The first-order chi connectivity index (χ1) is 15.5. The van der Waals surface area contributed by atoms with Gasteiger partial charge in [0.15, 0.2) is 0 Å². The monoisotopic (exact) mass is 449 g/mol. The Hall–Kier alpha value is -2.04. The highest BCUT2D eigenvalue weighted by Gasteiger charge is 2.28. The van der Waals surface area contributed by atoms with Crippen LogP contribution in [0.3, 0.4) is 0 Å². The Morgan fingerprint density at radius 1 is 0.938 bits per heavy atom. The number of para-hydroxylation sites is 1. The Labute approximate surface area is 190 Å². The number of nitrogens with zero attached hydrogens (tertiary/aromatic N) is 2. The van der Waals surface area contributed by atoms with E-state index in [0.717, 1.165) is 5.56 Å². The lowest BCUT2D eigenvalue weighted by Gasteiger charge is -2.22. The Morgan fingerprint density at radius 3 is 2.06 bits per heavy atom. The fraction of sp³-hybridized carbons (Fsp3) is 0.652. The van der Waals surface area contributed by atoms with Gasteiger partial charge in [-0.3, -0.25) is 9.69 Å². The Balaban J connectivity index is 1.56. The van der Waals surface area contributed by atoms with Crippen LogP contribution in [0.15, 0.2) is 29.3 Å². The number of carbonyl (C=O) groups excluding carboxylic acids is 1. The van der Waals surface area contributed by atoms with Gasteiger partial charge in [0.25, 0.3) is 0 Å². The molecular weight excluding hydrogens is 414 g/mol. The van der Waals surface area contributed by atoms with Gasteiger partial charge in [0.2, 0.25) is 11.8 Å². The Bertz CT molecular complexity index is 739. The first-order valence-corrected chi connectivity index (χ1v) is 11.2. The number of aliphatic imine (C=N–C) groups is 1. The average Bonchev–Trinajstić information content (AvgIpc) is 3.12. The third kappa shape index (κ3) is 8.48. The zero-order valence-electron chi connectivity index (χ0n) is 19.1. The molecule has 32 heavy (non-hydrogen) atoms. The van der Waals surface area contributed by atoms with Crippen molar-refractivity contribution in [2.45, 2.75) is 19.4 Å². The molecular formula is C23H35N3O6. The van der Waals surface area contributed by atoms with Crippen LogP contribution in [0.4, 0.5) is 5.69 Å². The molecule has 1 fully saturated rings. The number of anilines is 1. The van der Waals surface area contributed by atoms with Gasteiger partial charge in [0.1, 0.15) is 6.61 Å². The van der Waals surface area contributed by atoms with Gasteiger partial charge in [0, 0.05) is 13.1 Å². The standard InChI is InChI=1S/C23H35N3O6/c1-23(2)18-32-22(25-23)19-5-3-4-6-20(19)24-21(27)17-26-7-9-28-11-13-30-15-16-31-14-12-29-10-8-26/h3-6H,7-18H2,1-2H3,(H,24,27). The average molecular weight is 450 g/mol. The number of ether oxygens (including phenoxy) is 5. The van der Waals surface area contributed by atoms with Gasteiger partial charge in [-0.15, -0.1) is 0 Å². The molecule has 0 saturated carbocycles. The quantitative estimate of drug-likeness (QED) is 0.746. The first kappa shape index (κ1) is 24.6. The number of hydrogen-bond acceptors (Lipinski definition) is 8. The highest BCUT2D eigenvalue weighted by atomic mass is 16.6. The minimum absolute atomic E-state index is 0.111. The molecule has 1 amide bonds. The molecule has 2 heterocycles. The van der Waals surface area contributed by atoms with Gasteiger partial charge in [-0.1, -0.05) is 12.1 Å². The van der Waals surface area contributed by atoms with Crippen LogP contribution in [0.2, 0.25) is 0 Å². The van der Waals surface area contributed by atoms with Gasteiger partial charge in [-0.2, -0.15) is 0 Å². The van der Waals surface area contributed by atoms with Crippen LogP contribution in [-0.2, 0) is 28.5 Å². The SMILES string of the molecule is CC1(C)COC(c2ccccc2NC(=O)CN2CCOCCOCCOCCOCC2)=N1. The van der Waals surface area contributed by atoms with Gasteiger partial charge in [-0.25, -0.2) is 4.99 Å². The van der Waals surface area contributed by atoms with E-state index in [9.17, 15) is 4.79 Å². The van der Waals surface area contributed by atoms with E-state index >= 15 is 0 Å². The molecule has 0 aromatic heterocycles. The molecule has 1 saturated heterocycles. The number of rotatable bonds is 4. The molecule has 178 valence electrons. The summed E-state index contributed by atoms with van der Waals surface area (Å²) in [5, 5.41) is 3.01. The maximum atomic E-state index is 12.8. The smallest absolute Gasteiger partial charge is 0.238 e. The van der Waals surface area contributed by atoms with Crippen molar-refractivity contribution < 1.29 is 28.5 Å². The second-order valence-electron chi connectivity index (χ2n) is 8.34. The van der Waals surface area contributed by atoms with Crippen molar-refractivity contribution in [3.8, 4) is 0 Å². The predicted molar refractivity (Wildman–Crippen MR) is 121 cm³/mol. The van der Waals surface area contributed by atoms with Crippen molar-refractivity contribution in [2.75, 3.05) is 84.4 Å². The lowest BCUT2D eigenvalue weighted by Crippen LogP contribution is -2.38. The third-order valence-electron chi connectivity index (χ3n) is 4.98. The summed E-state index contributed by atoms with van der Waals surface area (Å²) in [6.07, 6.45) is 0. The minimum Gasteiger partial charge on any atom is -0.475 e. The molecule has 0 radical (unpaired) electrons. The van der Waals surface area contributed by atoms with Crippen LogP contribution in [0.1, 0.15) is 19.4 Å². The molecule has 3 rings (SSSR count). The van der Waals surface area contributed by atoms with Crippen LogP contribution in [0.25, 0.3) is 0 Å². The van der Waals surface area contributed by atoms with Crippen LogP contribution in [0.5, 0.6) is 0 Å². The highest BCUT2D eigenvalue weighted by molar-refractivity contribution is 6.04. The second kappa shape index (κ2) is 12.9. The summed E-state index contributed by atoms with van der Waals surface area (Å²) in [5.74, 6) is 0.450. The molecule has 0 aliphatic carbocycles. The van der Waals surface area contributed by atoms with E-state index in [2.05, 4.69) is 10.3 Å². The highest BCUT2D eigenvalue weighted by Crippen LogP contribution is 2.24. The zero-order valence-corrected chi connectivity index (χ0v) is 19.1. The molecule has 9 nitrogen and oxygen atoms in total. The largest absolute Gasteiger partial charge is 0.475 e. The maximum absolute atomic E-state index is 12.8. The topological polar surface area (TPSA) is 90.9 Å². The van der Waals surface area contributed by atoms with E-state index in [0.29, 0.717) is 84.1 Å². The van der Waals surface area contributed by atoms with E-state index in [1.165, 1.54) is 0 Å². The van der Waals surface area contributed by atoms with Crippen molar-refractivity contribution in [3.05, 3.63) is 29.8 Å². The minimum atomic E-state index is -0.265. The van der Waals surface area contributed by atoms with E-state index < -0.39 is 0 Å². The summed E-state index contributed by atoms with van der Waals surface area (Å²) in [7, 11) is 0. The summed E-state index contributed by atoms with van der Waals surface area (Å²) < 4.78 is 27.9. The zero-order chi connectivity index (χ0) is 22.7. The summed E-state index contributed by atoms with van der Waals surface area (Å²) in [4.78, 5) is 19.5. The number of nitrogens with one attached hydrogen (secondary N) is 1. The molecule has 9 heteroatoms. The number of benzene rings is 1. The van der Waals surface area contributed by atoms with Crippen LogP contribution in [0, 0.1) is 0 Å². The Kier molecular flexibility index (Phi) is 9.89. The molecule has 0 unspecified atom stereocenters. The van der Waals surface area contributed by atoms with Gasteiger partial charge in [0.05, 0.1) is 76.2 Å². The Morgan fingerprint density at radius 2 is 1.50 bits per heavy atom. The number of hydrogen-bond donors (Lipinski definition) is 1. The fourth-order valence-corrected chi connectivity index (χ4v) is 3.31.